The summed E-state index contributed by atoms with van der Waals surface area (Å²) in [5, 5.41) is 5.17. The Balaban J connectivity index is 0.000000231. The van der Waals surface area contributed by atoms with Gasteiger partial charge in [0.1, 0.15) is 34.7 Å². The van der Waals surface area contributed by atoms with E-state index in [0.717, 1.165) is 34.9 Å². The normalized spacial score (nSPS) is 20.8. The number of esters is 2. The molecule has 0 radical (unpaired) electrons. The molecule has 4 atom stereocenters. The Morgan fingerprint density at radius 1 is 0.788 bits per heavy atom. The van der Waals surface area contributed by atoms with E-state index in [1.807, 2.05) is 18.3 Å². The lowest BCUT2D eigenvalue weighted by molar-refractivity contribution is -0.150. The van der Waals surface area contributed by atoms with Crippen molar-refractivity contribution >= 4 is 46.2 Å². The number of nitrogens with one attached hydrogen (secondary N) is 2. The van der Waals surface area contributed by atoms with Crippen LogP contribution in [0.4, 0.5) is 9.59 Å². The second kappa shape index (κ2) is 15.7. The third-order valence-electron chi connectivity index (χ3n) is 8.74. The third-order valence-corrected chi connectivity index (χ3v) is 8.74. The number of likely N-dealkylation sites (tertiary alicyclic amines) is 1. The minimum atomic E-state index is -0.665. The topological polar surface area (TPSA) is 167 Å². The number of aromatic nitrogens is 4. The SMILES string of the molecule is CC(=O)OC1CN(C(=O)OC(C)(C)C)CC[C@H]1c1cn(C(=O)OC(C)(C)C)c2ncccc12.CC(=O)OC1CNCC[C@H]1c1c[nH]c2ncccc12. The number of piperidine rings is 2. The van der Waals surface area contributed by atoms with Gasteiger partial charge in [-0.25, -0.2) is 24.1 Å². The Bertz CT molecular complexity index is 1900. The molecule has 1 amide bonds. The molecule has 0 bridgehead atoms. The van der Waals surface area contributed by atoms with Crippen molar-refractivity contribution in [2.75, 3.05) is 26.2 Å². The van der Waals surface area contributed by atoms with Crippen molar-refractivity contribution in [3.63, 3.8) is 0 Å². The zero-order valence-corrected chi connectivity index (χ0v) is 31.2. The molecule has 0 saturated carbocycles. The number of aromatic amines is 1. The van der Waals surface area contributed by atoms with Crippen molar-refractivity contribution in [1.29, 1.82) is 0 Å². The maximum Gasteiger partial charge on any atom is 0.420 e. The second-order valence-electron chi connectivity index (χ2n) is 15.2. The first-order valence-electron chi connectivity index (χ1n) is 17.6. The second-order valence-corrected chi connectivity index (χ2v) is 15.2. The number of fused-ring (bicyclic) bond motifs is 2. The molecule has 6 heterocycles. The van der Waals surface area contributed by atoms with Gasteiger partial charge in [0.2, 0.25) is 0 Å². The smallest absolute Gasteiger partial charge is 0.420 e. The number of nitrogens with zero attached hydrogens (tertiary/aromatic N) is 4. The summed E-state index contributed by atoms with van der Waals surface area (Å²) in [5.41, 5.74) is 2.07. The average Bonchev–Trinajstić information content (AvgIpc) is 3.66. The van der Waals surface area contributed by atoms with Crippen LogP contribution in [0.2, 0.25) is 0 Å². The summed E-state index contributed by atoms with van der Waals surface area (Å²) in [5.74, 6) is -0.673. The Morgan fingerprint density at radius 2 is 1.40 bits per heavy atom. The summed E-state index contributed by atoms with van der Waals surface area (Å²) < 4.78 is 23.5. The van der Waals surface area contributed by atoms with Gasteiger partial charge in [-0.3, -0.25) is 9.59 Å². The maximum atomic E-state index is 12.8. The van der Waals surface area contributed by atoms with Crippen molar-refractivity contribution in [2.24, 2.45) is 0 Å². The highest BCUT2D eigenvalue weighted by atomic mass is 16.6. The number of carbonyl (C=O) groups is 4. The third kappa shape index (κ3) is 9.46. The summed E-state index contributed by atoms with van der Waals surface area (Å²) >= 11 is 0. The van der Waals surface area contributed by atoms with Gasteiger partial charge >= 0.3 is 24.1 Å². The van der Waals surface area contributed by atoms with Crippen LogP contribution in [0.15, 0.2) is 49.1 Å². The zero-order chi connectivity index (χ0) is 37.8. The van der Waals surface area contributed by atoms with E-state index in [4.69, 9.17) is 18.9 Å². The first-order valence-corrected chi connectivity index (χ1v) is 17.6. The average molecular weight is 719 g/mol. The Labute approximate surface area is 303 Å². The summed E-state index contributed by atoms with van der Waals surface area (Å²) in [7, 11) is 0. The predicted octanol–water partition coefficient (Wildman–Crippen LogP) is 6.05. The Kier molecular flexibility index (Phi) is 11.6. The molecule has 2 fully saturated rings. The molecular formula is C38H50N6O8. The summed E-state index contributed by atoms with van der Waals surface area (Å²) in [6.07, 6.45) is 6.88. The fourth-order valence-electron chi connectivity index (χ4n) is 6.73. The molecule has 52 heavy (non-hydrogen) atoms. The predicted molar refractivity (Wildman–Crippen MR) is 194 cm³/mol. The van der Waals surface area contributed by atoms with E-state index in [2.05, 4.69) is 26.3 Å². The molecule has 0 aliphatic carbocycles. The Morgan fingerprint density at radius 3 is 2.08 bits per heavy atom. The molecule has 2 unspecified atom stereocenters. The molecule has 0 aromatic carbocycles. The lowest BCUT2D eigenvalue weighted by atomic mass is 9.87. The van der Waals surface area contributed by atoms with Crippen LogP contribution >= 0.6 is 0 Å². The van der Waals surface area contributed by atoms with Crippen molar-refractivity contribution in [2.45, 2.75) is 103 Å². The van der Waals surface area contributed by atoms with Gasteiger partial charge in [0.15, 0.2) is 0 Å². The molecule has 2 N–H and O–H groups in total. The lowest BCUT2D eigenvalue weighted by Crippen LogP contribution is -2.48. The van der Waals surface area contributed by atoms with Gasteiger partial charge in [-0.15, -0.1) is 0 Å². The number of ether oxygens (including phenoxy) is 4. The number of hydrogen-bond donors (Lipinski definition) is 2. The molecule has 4 aromatic heterocycles. The van der Waals surface area contributed by atoms with E-state index in [0.29, 0.717) is 25.2 Å². The van der Waals surface area contributed by atoms with Gasteiger partial charge in [0, 0.05) is 74.3 Å². The van der Waals surface area contributed by atoms with Crippen LogP contribution in [0.5, 0.6) is 0 Å². The standard InChI is InChI=1S/C24H33N3O6.C14H17N3O2/c1-15(28)31-19-14-26(21(29)32-23(2,3)4)12-10-16(19)18-13-27(22(30)33-24(5,6)7)20-17(18)9-8-11-25-20;1-9(18)19-13-8-15-6-4-10(13)12-7-17-14-11(12)3-2-5-16-14/h8-9,11,13,16,19H,10,12,14H2,1-7H3;2-3,5,7,10,13,15H,4,6,8H2,1H3,(H,16,17)/t16-,19?;10-,13?/m00/s1. The summed E-state index contributed by atoms with van der Waals surface area (Å²) in [6, 6.07) is 7.66. The van der Waals surface area contributed by atoms with Crippen molar-refractivity contribution in [3.8, 4) is 0 Å². The molecule has 280 valence electrons. The van der Waals surface area contributed by atoms with Gasteiger partial charge in [-0.1, -0.05) is 0 Å². The maximum absolute atomic E-state index is 12.8. The minimum Gasteiger partial charge on any atom is -0.461 e. The number of hydrogen-bond acceptors (Lipinski definition) is 11. The van der Waals surface area contributed by atoms with Crippen LogP contribution in [0.25, 0.3) is 22.1 Å². The van der Waals surface area contributed by atoms with Crippen molar-refractivity contribution in [1.82, 2.24) is 29.7 Å². The van der Waals surface area contributed by atoms with Gasteiger partial charge in [0.05, 0.1) is 6.54 Å². The largest absolute Gasteiger partial charge is 0.461 e. The molecule has 2 aliphatic rings. The summed E-state index contributed by atoms with van der Waals surface area (Å²) in [6.45, 7) is 15.9. The molecule has 6 rings (SSSR count). The van der Waals surface area contributed by atoms with E-state index in [9.17, 15) is 19.2 Å². The minimum absolute atomic E-state index is 0.106. The molecule has 4 aromatic rings. The molecule has 0 spiro atoms. The number of rotatable bonds is 4. The van der Waals surface area contributed by atoms with E-state index < -0.39 is 35.5 Å². The quantitative estimate of drug-likeness (QED) is 0.186. The van der Waals surface area contributed by atoms with Crippen LogP contribution in [-0.4, -0.2) is 98.1 Å². The molecule has 2 aliphatic heterocycles. The molecule has 2 saturated heterocycles. The lowest BCUT2D eigenvalue weighted by Gasteiger charge is -2.38. The van der Waals surface area contributed by atoms with Crippen LogP contribution in [0, 0.1) is 0 Å². The number of pyridine rings is 2. The van der Waals surface area contributed by atoms with Gasteiger partial charge in [0.25, 0.3) is 0 Å². The highest BCUT2D eigenvalue weighted by Gasteiger charge is 2.38. The van der Waals surface area contributed by atoms with E-state index in [1.165, 1.54) is 24.0 Å². The van der Waals surface area contributed by atoms with Crippen molar-refractivity contribution in [3.05, 3.63) is 60.2 Å². The van der Waals surface area contributed by atoms with Gasteiger partial charge < -0.3 is 34.1 Å². The fourth-order valence-corrected chi connectivity index (χ4v) is 6.73. The molecule has 14 heteroatoms. The fraction of sp³-hybridized carbons (Fsp3) is 0.526. The first kappa shape index (κ1) is 38.3. The number of H-pyrrole nitrogens is 1. The highest BCUT2D eigenvalue weighted by Crippen LogP contribution is 2.37. The number of carbonyl (C=O) groups excluding carboxylic acids is 4. The van der Waals surface area contributed by atoms with Crippen molar-refractivity contribution < 1.29 is 38.1 Å². The van der Waals surface area contributed by atoms with Gasteiger partial charge in [-0.05, 0) is 96.3 Å². The van der Waals surface area contributed by atoms with Crippen LogP contribution in [0.1, 0.15) is 91.2 Å². The van der Waals surface area contributed by atoms with E-state index in [1.54, 1.807) is 71.1 Å². The van der Waals surface area contributed by atoms with Crippen LogP contribution in [-0.2, 0) is 28.5 Å². The first-order chi connectivity index (χ1) is 24.5. The van der Waals surface area contributed by atoms with Crippen LogP contribution < -0.4 is 5.32 Å². The summed E-state index contributed by atoms with van der Waals surface area (Å²) in [4.78, 5) is 62.0. The van der Waals surface area contributed by atoms with E-state index >= 15 is 0 Å². The highest BCUT2D eigenvalue weighted by molar-refractivity contribution is 5.90. The zero-order valence-electron chi connectivity index (χ0n) is 31.2. The number of amides is 1. The van der Waals surface area contributed by atoms with E-state index in [-0.39, 0.29) is 30.5 Å². The van der Waals surface area contributed by atoms with Gasteiger partial charge in [-0.2, -0.15) is 0 Å². The monoisotopic (exact) mass is 718 g/mol. The molecular weight excluding hydrogens is 668 g/mol. The Hall–Kier alpha value is -4.98. The molecule has 14 nitrogen and oxygen atoms in total. The van der Waals surface area contributed by atoms with Crippen LogP contribution in [0.3, 0.4) is 0 Å².